The molecule has 4 aromatic rings. The molecule has 1 aliphatic carbocycles. The molecule has 0 spiro atoms. The number of anilines is 1. The summed E-state index contributed by atoms with van der Waals surface area (Å²) in [5.41, 5.74) is 0.832. The van der Waals surface area contributed by atoms with E-state index in [2.05, 4.69) is 20.3 Å². The number of aliphatic hydroxyl groups excluding tert-OH is 2. The summed E-state index contributed by atoms with van der Waals surface area (Å²) in [5.74, 6) is 1.21. The number of rotatable bonds is 11. The van der Waals surface area contributed by atoms with E-state index in [0.29, 0.717) is 28.5 Å². The van der Waals surface area contributed by atoms with Crippen LogP contribution in [0.1, 0.15) is 31.9 Å². The maximum absolute atomic E-state index is 13.7. The molecule has 1 saturated heterocycles. The fourth-order valence-electron chi connectivity index (χ4n) is 5.17. The maximum Gasteiger partial charge on any atom is 0.456 e. The van der Waals surface area contributed by atoms with Gasteiger partial charge in [-0.1, -0.05) is 49.2 Å². The lowest BCUT2D eigenvalue weighted by molar-refractivity contribution is -0.0611. The zero-order valence-corrected chi connectivity index (χ0v) is 24.2. The van der Waals surface area contributed by atoms with Gasteiger partial charge in [0.05, 0.1) is 12.9 Å². The van der Waals surface area contributed by atoms with Crippen LogP contribution in [0.3, 0.4) is 0 Å². The van der Waals surface area contributed by atoms with E-state index in [4.69, 9.17) is 30.1 Å². The Bertz CT molecular complexity index is 1490. The van der Waals surface area contributed by atoms with Gasteiger partial charge in [-0.15, -0.1) is 0 Å². The van der Waals surface area contributed by atoms with Crippen molar-refractivity contribution in [2.45, 2.75) is 56.3 Å². The molecule has 0 bridgehead atoms. The predicted octanol–water partition coefficient (Wildman–Crippen LogP) is 4.78. The highest BCUT2D eigenvalue weighted by atomic mass is 35.5. The Kier molecular flexibility index (Phi) is 8.62. The summed E-state index contributed by atoms with van der Waals surface area (Å²) in [6, 6.07) is 17.5. The summed E-state index contributed by atoms with van der Waals surface area (Å²) in [5, 5.41) is 25.1. The second kappa shape index (κ2) is 12.5. The van der Waals surface area contributed by atoms with Crippen molar-refractivity contribution in [3.8, 4) is 11.5 Å². The molecule has 14 heteroatoms. The van der Waals surface area contributed by atoms with Crippen LogP contribution in [-0.2, 0) is 14.0 Å². The van der Waals surface area contributed by atoms with Gasteiger partial charge in [0.2, 0.25) is 5.28 Å². The lowest BCUT2D eigenvalue weighted by atomic mass is 10.1. The van der Waals surface area contributed by atoms with Crippen LogP contribution in [0, 0.1) is 0 Å². The van der Waals surface area contributed by atoms with Crippen molar-refractivity contribution in [2.75, 3.05) is 18.3 Å². The molecule has 0 radical (unpaired) electrons. The van der Waals surface area contributed by atoms with Gasteiger partial charge in [-0.25, -0.2) is 9.55 Å². The largest absolute Gasteiger partial charge is 0.456 e. The van der Waals surface area contributed by atoms with E-state index in [1.807, 2.05) is 12.1 Å². The number of nitrogens with one attached hydrogen (secondary N) is 1. The minimum absolute atomic E-state index is 0.0188. The summed E-state index contributed by atoms with van der Waals surface area (Å²) >= 11 is 6.24. The van der Waals surface area contributed by atoms with E-state index in [1.165, 1.54) is 10.9 Å². The average molecular weight is 616 g/mol. The number of aliphatic hydroxyl groups is 2. The predicted molar refractivity (Wildman–Crippen MR) is 155 cm³/mol. The number of ether oxygens (including phenoxy) is 2. The van der Waals surface area contributed by atoms with Crippen LogP contribution in [0.5, 0.6) is 11.5 Å². The number of para-hydroxylation sites is 2. The number of hydrogen-bond acceptors (Lipinski definition) is 11. The second-order valence-corrected chi connectivity index (χ2v) is 12.4. The zero-order chi connectivity index (χ0) is 29.1. The molecule has 2 aromatic heterocycles. The molecular weight excluding hydrogens is 585 g/mol. The topological polar surface area (TPSA) is 150 Å². The molecular formula is C28H31ClN5O7P. The van der Waals surface area contributed by atoms with E-state index >= 15 is 0 Å². The molecule has 3 heterocycles. The summed E-state index contributed by atoms with van der Waals surface area (Å²) in [4.78, 5) is 13.1. The summed E-state index contributed by atoms with van der Waals surface area (Å²) in [7, 11) is -3.85. The van der Waals surface area contributed by atoms with Crippen molar-refractivity contribution in [2.24, 2.45) is 0 Å². The van der Waals surface area contributed by atoms with Crippen LogP contribution in [0.15, 0.2) is 67.0 Å². The van der Waals surface area contributed by atoms with Gasteiger partial charge >= 0.3 is 7.60 Å². The summed E-state index contributed by atoms with van der Waals surface area (Å²) < 4.78 is 38.4. The number of benzene rings is 2. The molecule has 3 N–H and O–H groups in total. The van der Waals surface area contributed by atoms with Crippen molar-refractivity contribution in [3.05, 3.63) is 72.3 Å². The summed E-state index contributed by atoms with van der Waals surface area (Å²) in [6.45, 7) is -0.203. The highest BCUT2D eigenvalue weighted by Gasteiger charge is 2.45. The van der Waals surface area contributed by atoms with Gasteiger partial charge in [0.25, 0.3) is 0 Å². The Morgan fingerprint density at radius 2 is 1.62 bits per heavy atom. The molecule has 0 unspecified atom stereocenters. The third kappa shape index (κ3) is 6.39. The molecule has 12 nitrogen and oxygen atoms in total. The normalized spacial score (nSPS) is 22.9. The first-order valence-electron chi connectivity index (χ1n) is 13.7. The molecule has 2 aliphatic rings. The molecule has 222 valence electrons. The molecule has 1 aliphatic heterocycles. The number of hydrogen-bond donors (Lipinski definition) is 3. The monoisotopic (exact) mass is 615 g/mol. The van der Waals surface area contributed by atoms with Crippen LogP contribution < -0.4 is 14.4 Å². The Morgan fingerprint density at radius 1 is 0.976 bits per heavy atom. The van der Waals surface area contributed by atoms with Crippen LogP contribution in [-0.4, -0.2) is 67.0 Å². The Balaban J connectivity index is 1.15. The van der Waals surface area contributed by atoms with Crippen LogP contribution in [0.4, 0.5) is 5.82 Å². The van der Waals surface area contributed by atoms with Gasteiger partial charge < -0.3 is 34.1 Å². The van der Waals surface area contributed by atoms with E-state index in [1.54, 1.807) is 48.5 Å². The highest BCUT2D eigenvalue weighted by molar-refractivity contribution is 7.54. The van der Waals surface area contributed by atoms with Crippen LogP contribution >= 0.6 is 19.2 Å². The highest BCUT2D eigenvalue weighted by Crippen LogP contribution is 2.48. The SMILES string of the molecule is O=P(COC[C@H]1O[C@@H](n2cnc3c(NC4CCCC4)nc(Cl)nc32)[C@H](O)[C@@H]1O)(Oc1ccccc1)Oc1ccccc1. The minimum Gasteiger partial charge on any atom is -0.415 e. The average Bonchev–Trinajstić information content (AvgIpc) is 3.71. The second-order valence-electron chi connectivity index (χ2n) is 10.3. The van der Waals surface area contributed by atoms with Crippen LogP contribution in [0.25, 0.3) is 11.2 Å². The Labute approximate surface area is 247 Å². The standard InChI is InChI=1S/C28H31ClN5O7P/c29-28-32-25(31-18-9-7-8-10-18)22-26(33-28)34(16-30-22)27-24(36)23(35)21(39-27)15-38-17-42(37,40-19-11-3-1-4-12-19)41-20-13-5-2-6-14-20/h1-6,11-14,16,18,21,23-24,27,35-36H,7-10,15,17H2,(H,31,32,33)/t21-,23-,24-,27-/m1/s1. The van der Waals surface area contributed by atoms with Crippen molar-refractivity contribution in [1.82, 2.24) is 19.5 Å². The molecule has 2 fully saturated rings. The quantitative estimate of drug-likeness (QED) is 0.158. The van der Waals surface area contributed by atoms with Gasteiger partial charge in [-0.2, -0.15) is 9.97 Å². The van der Waals surface area contributed by atoms with E-state index < -0.39 is 38.5 Å². The lowest BCUT2D eigenvalue weighted by Crippen LogP contribution is -2.34. The molecule has 0 amide bonds. The number of fused-ring (bicyclic) bond motifs is 1. The fourth-order valence-corrected chi connectivity index (χ4v) is 6.70. The molecule has 42 heavy (non-hydrogen) atoms. The summed E-state index contributed by atoms with van der Waals surface area (Å²) in [6.07, 6.45) is 0.743. The Morgan fingerprint density at radius 3 is 2.26 bits per heavy atom. The first-order chi connectivity index (χ1) is 20.4. The third-order valence-corrected chi connectivity index (χ3v) is 8.85. The number of nitrogens with zero attached hydrogens (tertiary/aromatic N) is 4. The van der Waals surface area contributed by atoms with Crippen molar-refractivity contribution < 1.29 is 33.3 Å². The van der Waals surface area contributed by atoms with Crippen LogP contribution in [0.2, 0.25) is 5.28 Å². The lowest BCUT2D eigenvalue weighted by Gasteiger charge is -2.21. The minimum atomic E-state index is -3.85. The number of aromatic nitrogens is 4. The number of imidazole rings is 1. The molecule has 4 atom stereocenters. The van der Waals surface area contributed by atoms with Gasteiger partial charge in [0, 0.05) is 6.04 Å². The maximum atomic E-state index is 13.7. The van der Waals surface area contributed by atoms with Gasteiger partial charge in [-0.3, -0.25) is 4.57 Å². The first kappa shape index (κ1) is 28.9. The van der Waals surface area contributed by atoms with Crippen molar-refractivity contribution >= 4 is 36.2 Å². The fraction of sp³-hybridized carbons (Fsp3) is 0.393. The first-order valence-corrected chi connectivity index (χ1v) is 15.8. The molecule has 6 rings (SSSR count). The van der Waals surface area contributed by atoms with E-state index in [9.17, 15) is 14.8 Å². The zero-order valence-electron chi connectivity index (χ0n) is 22.5. The Hall–Kier alpha value is -3.25. The van der Waals surface area contributed by atoms with Gasteiger partial charge in [0.1, 0.15) is 29.8 Å². The third-order valence-electron chi connectivity index (χ3n) is 7.21. The smallest absolute Gasteiger partial charge is 0.415 e. The van der Waals surface area contributed by atoms with Crippen molar-refractivity contribution in [3.63, 3.8) is 0 Å². The molecule has 2 aromatic carbocycles. The molecule has 1 saturated carbocycles. The number of halogens is 1. The van der Waals surface area contributed by atoms with Gasteiger partial charge in [0.15, 0.2) is 29.6 Å². The van der Waals surface area contributed by atoms with E-state index in [0.717, 1.165) is 25.7 Å². The van der Waals surface area contributed by atoms with Crippen molar-refractivity contribution in [1.29, 1.82) is 0 Å². The van der Waals surface area contributed by atoms with Gasteiger partial charge in [-0.05, 0) is 48.7 Å². The van der Waals surface area contributed by atoms with E-state index in [-0.39, 0.29) is 17.9 Å².